The topological polar surface area (TPSA) is 94.8 Å². The maximum absolute atomic E-state index is 13.2. The maximum atomic E-state index is 13.2. The Morgan fingerprint density at radius 3 is 2.70 bits per heavy atom. The molecule has 0 atom stereocenters. The molecular weight excluding hydrogens is 536 g/mol. The van der Waals surface area contributed by atoms with Gasteiger partial charge in [-0.1, -0.05) is 41.1 Å². The summed E-state index contributed by atoms with van der Waals surface area (Å²) in [5.74, 6) is 1.17. The summed E-state index contributed by atoms with van der Waals surface area (Å²) >= 11 is 3.41. The molecular formula is C28H27BrN4O4. The van der Waals surface area contributed by atoms with Crippen LogP contribution in [0.5, 0.6) is 11.5 Å². The van der Waals surface area contributed by atoms with E-state index in [1.54, 1.807) is 30.5 Å². The number of anilines is 1. The van der Waals surface area contributed by atoms with E-state index in [9.17, 15) is 9.59 Å². The third-order valence-electron chi connectivity index (χ3n) is 5.64. The van der Waals surface area contributed by atoms with E-state index in [0.29, 0.717) is 40.2 Å². The summed E-state index contributed by atoms with van der Waals surface area (Å²) in [5, 5.41) is 7.77. The van der Waals surface area contributed by atoms with Gasteiger partial charge < -0.3 is 14.8 Å². The molecule has 0 aliphatic heterocycles. The van der Waals surface area contributed by atoms with Crippen molar-refractivity contribution in [1.29, 1.82) is 0 Å². The van der Waals surface area contributed by atoms with Crippen LogP contribution in [0.3, 0.4) is 0 Å². The number of nitrogens with one attached hydrogen (secondary N) is 1. The number of aryl methyl sites for hydroxylation is 2. The highest BCUT2D eigenvalue weighted by Gasteiger charge is 2.12. The minimum atomic E-state index is -0.278. The number of para-hydroxylation sites is 1. The van der Waals surface area contributed by atoms with Crippen molar-refractivity contribution in [2.75, 3.05) is 19.0 Å². The number of nitrogens with zero attached hydrogens (tertiary/aromatic N) is 3. The summed E-state index contributed by atoms with van der Waals surface area (Å²) in [6, 6.07) is 18.2. The molecule has 1 heterocycles. The molecule has 3 aromatic carbocycles. The second-order valence-electron chi connectivity index (χ2n) is 8.36. The van der Waals surface area contributed by atoms with Crippen LogP contribution in [0, 0.1) is 6.92 Å². The molecule has 9 heteroatoms. The molecule has 0 unspecified atom stereocenters. The van der Waals surface area contributed by atoms with Crippen LogP contribution in [0.2, 0.25) is 0 Å². The number of amides is 1. The molecule has 190 valence electrons. The molecule has 0 bridgehead atoms. The van der Waals surface area contributed by atoms with E-state index < -0.39 is 0 Å². The first-order valence-corrected chi connectivity index (χ1v) is 12.6. The summed E-state index contributed by atoms with van der Waals surface area (Å²) in [5.41, 5.74) is 2.79. The normalized spacial score (nSPS) is 11.1. The van der Waals surface area contributed by atoms with Gasteiger partial charge in [-0.3, -0.25) is 9.59 Å². The molecule has 0 saturated carbocycles. The van der Waals surface area contributed by atoms with E-state index in [-0.39, 0.29) is 18.1 Å². The van der Waals surface area contributed by atoms with Gasteiger partial charge in [0.15, 0.2) is 18.1 Å². The minimum absolute atomic E-state index is 0.174. The van der Waals surface area contributed by atoms with Crippen molar-refractivity contribution >= 4 is 44.6 Å². The van der Waals surface area contributed by atoms with E-state index in [0.717, 1.165) is 22.1 Å². The first-order valence-electron chi connectivity index (χ1n) is 11.8. The van der Waals surface area contributed by atoms with Crippen LogP contribution < -0.4 is 20.3 Å². The van der Waals surface area contributed by atoms with Crippen molar-refractivity contribution in [3.8, 4) is 11.5 Å². The Morgan fingerprint density at radius 1 is 1.14 bits per heavy atom. The summed E-state index contributed by atoms with van der Waals surface area (Å²) in [6.07, 6.45) is 3.00. The second-order valence-corrected chi connectivity index (χ2v) is 9.28. The summed E-state index contributed by atoms with van der Waals surface area (Å²) in [6.45, 7) is 3.77. The fourth-order valence-electron chi connectivity index (χ4n) is 3.75. The van der Waals surface area contributed by atoms with Crippen LogP contribution >= 0.6 is 15.9 Å². The van der Waals surface area contributed by atoms with Crippen LogP contribution in [0.15, 0.2) is 75.0 Å². The van der Waals surface area contributed by atoms with E-state index in [4.69, 9.17) is 9.47 Å². The van der Waals surface area contributed by atoms with Gasteiger partial charge in [0.25, 0.3) is 11.5 Å². The molecule has 1 N–H and O–H groups in total. The highest BCUT2D eigenvalue weighted by molar-refractivity contribution is 9.10. The van der Waals surface area contributed by atoms with E-state index in [1.165, 1.54) is 11.8 Å². The molecule has 1 aromatic heterocycles. The van der Waals surface area contributed by atoms with Crippen molar-refractivity contribution in [2.24, 2.45) is 5.10 Å². The van der Waals surface area contributed by atoms with Crippen molar-refractivity contribution in [2.45, 2.75) is 26.7 Å². The van der Waals surface area contributed by atoms with Gasteiger partial charge in [-0.15, -0.1) is 0 Å². The lowest BCUT2D eigenvalue weighted by atomic mass is 10.2. The molecule has 8 nitrogen and oxygen atoms in total. The van der Waals surface area contributed by atoms with Crippen molar-refractivity contribution < 1.29 is 14.3 Å². The second kappa shape index (κ2) is 11.8. The van der Waals surface area contributed by atoms with Crippen molar-refractivity contribution in [1.82, 2.24) is 9.66 Å². The van der Waals surface area contributed by atoms with Gasteiger partial charge in [-0.2, -0.15) is 9.78 Å². The average molecular weight is 563 g/mol. The predicted octanol–water partition coefficient (Wildman–Crippen LogP) is 5.33. The molecule has 0 radical (unpaired) electrons. The van der Waals surface area contributed by atoms with Crippen molar-refractivity contribution in [3.63, 3.8) is 0 Å². The fraction of sp³-hybridized carbons (Fsp3) is 0.214. The molecule has 37 heavy (non-hydrogen) atoms. The Morgan fingerprint density at radius 2 is 1.95 bits per heavy atom. The lowest BCUT2D eigenvalue weighted by Crippen LogP contribution is -2.22. The van der Waals surface area contributed by atoms with Gasteiger partial charge in [-0.05, 0) is 66.9 Å². The van der Waals surface area contributed by atoms with Crippen molar-refractivity contribution in [3.05, 3.63) is 92.4 Å². The Bertz CT molecular complexity index is 1530. The molecule has 0 aliphatic carbocycles. The number of fused-ring (bicyclic) bond motifs is 1. The third-order valence-corrected chi connectivity index (χ3v) is 6.13. The van der Waals surface area contributed by atoms with E-state index >= 15 is 0 Å². The SMILES string of the molecule is CCCc1nc2ccc(Br)cc2c(=O)n1N=Cc1ccc(OCC(=O)Nc2ccccc2C)c(OC)c1. The van der Waals surface area contributed by atoms with Crippen LogP contribution in [-0.4, -0.2) is 35.5 Å². The van der Waals surface area contributed by atoms with Gasteiger partial charge in [0.1, 0.15) is 5.82 Å². The monoisotopic (exact) mass is 562 g/mol. The zero-order valence-corrected chi connectivity index (χ0v) is 22.4. The molecule has 4 aromatic rings. The quantitative estimate of drug-likeness (QED) is 0.278. The van der Waals surface area contributed by atoms with Crippen LogP contribution in [0.1, 0.15) is 30.3 Å². The smallest absolute Gasteiger partial charge is 0.282 e. The molecule has 0 fully saturated rings. The number of methoxy groups -OCH3 is 1. The molecule has 0 aliphatic rings. The number of hydrogen-bond acceptors (Lipinski definition) is 6. The predicted molar refractivity (Wildman–Crippen MR) is 149 cm³/mol. The van der Waals surface area contributed by atoms with Gasteiger partial charge in [-0.25, -0.2) is 4.98 Å². The first-order chi connectivity index (χ1) is 17.9. The van der Waals surface area contributed by atoms with Crippen LogP contribution in [0.25, 0.3) is 10.9 Å². The Balaban J connectivity index is 1.54. The van der Waals surface area contributed by atoms with Crippen LogP contribution in [0.4, 0.5) is 5.69 Å². The van der Waals surface area contributed by atoms with Gasteiger partial charge in [0, 0.05) is 16.6 Å². The van der Waals surface area contributed by atoms with Gasteiger partial charge >= 0.3 is 0 Å². The highest BCUT2D eigenvalue weighted by atomic mass is 79.9. The van der Waals surface area contributed by atoms with Gasteiger partial charge in [0.05, 0.1) is 24.2 Å². The van der Waals surface area contributed by atoms with E-state index in [2.05, 4.69) is 31.3 Å². The number of rotatable bonds is 9. The summed E-state index contributed by atoms with van der Waals surface area (Å²) < 4.78 is 13.3. The number of benzene rings is 3. The number of halogens is 1. The summed E-state index contributed by atoms with van der Waals surface area (Å²) in [7, 11) is 1.52. The number of ether oxygens (including phenoxy) is 2. The number of carbonyl (C=O) groups is 1. The zero-order chi connectivity index (χ0) is 26.4. The molecule has 0 saturated heterocycles. The van der Waals surface area contributed by atoms with E-state index in [1.807, 2.05) is 50.2 Å². The Hall–Kier alpha value is -3.98. The maximum Gasteiger partial charge on any atom is 0.282 e. The number of aromatic nitrogens is 2. The zero-order valence-electron chi connectivity index (χ0n) is 20.8. The average Bonchev–Trinajstić information content (AvgIpc) is 2.89. The lowest BCUT2D eigenvalue weighted by Gasteiger charge is -2.12. The fourth-order valence-corrected chi connectivity index (χ4v) is 4.11. The number of hydrogen-bond donors (Lipinski definition) is 1. The molecule has 0 spiro atoms. The standard InChI is InChI=1S/C28H27BrN4O4/c1-4-7-26-31-23-12-11-20(29)15-21(23)28(35)33(26)30-16-19-10-13-24(25(14-19)36-3)37-17-27(34)32-22-9-6-5-8-18(22)2/h5-6,8-16H,4,7,17H2,1-3H3,(H,32,34). The molecule has 4 rings (SSSR count). The third kappa shape index (κ3) is 6.24. The van der Waals surface area contributed by atoms with Gasteiger partial charge in [0.2, 0.25) is 0 Å². The minimum Gasteiger partial charge on any atom is -0.493 e. The largest absolute Gasteiger partial charge is 0.493 e. The Labute approximate surface area is 223 Å². The Kier molecular flexibility index (Phi) is 8.35. The van der Waals surface area contributed by atoms with Crippen LogP contribution in [-0.2, 0) is 11.2 Å². The first kappa shape index (κ1) is 26.1. The number of carbonyl (C=O) groups excluding carboxylic acids is 1. The summed E-state index contributed by atoms with van der Waals surface area (Å²) in [4.78, 5) is 30.2. The lowest BCUT2D eigenvalue weighted by molar-refractivity contribution is -0.118. The highest BCUT2D eigenvalue weighted by Crippen LogP contribution is 2.28. The molecule has 1 amide bonds.